The summed E-state index contributed by atoms with van der Waals surface area (Å²) in [6, 6.07) is 6.76. The molecule has 3 heteroatoms. The maximum atomic E-state index is 12.9. The summed E-state index contributed by atoms with van der Waals surface area (Å²) in [7, 11) is 0. The fourth-order valence-electron chi connectivity index (χ4n) is 3.97. The van der Waals surface area contributed by atoms with Gasteiger partial charge in [0.1, 0.15) is 5.82 Å². The lowest BCUT2D eigenvalue weighted by Gasteiger charge is -2.33. The van der Waals surface area contributed by atoms with Gasteiger partial charge in [0, 0.05) is 6.04 Å². The summed E-state index contributed by atoms with van der Waals surface area (Å²) in [5.41, 5.74) is 7.55. The molecule has 2 nitrogen and oxygen atoms in total. The molecule has 2 atom stereocenters. The van der Waals surface area contributed by atoms with Crippen LogP contribution in [0.25, 0.3) is 0 Å². The van der Waals surface area contributed by atoms with Gasteiger partial charge in [-0.3, -0.25) is 0 Å². The summed E-state index contributed by atoms with van der Waals surface area (Å²) in [5.74, 6) is -0.189. The second-order valence-corrected chi connectivity index (χ2v) is 6.85. The Kier molecular flexibility index (Phi) is 4.60. The van der Waals surface area contributed by atoms with Gasteiger partial charge in [-0.05, 0) is 56.2 Å². The lowest BCUT2D eigenvalue weighted by Crippen LogP contribution is -2.34. The predicted molar refractivity (Wildman–Crippen MR) is 82.6 cm³/mol. The Labute approximate surface area is 126 Å². The van der Waals surface area contributed by atoms with Crippen molar-refractivity contribution in [3.05, 3.63) is 35.6 Å². The normalized spacial score (nSPS) is 26.1. The Morgan fingerprint density at radius 3 is 2.57 bits per heavy atom. The molecule has 1 aromatic carbocycles. The molecular formula is C18H26FNO. The number of hydrogen-bond donors (Lipinski definition) is 1. The Morgan fingerprint density at radius 2 is 1.86 bits per heavy atom. The fourth-order valence-corrected chi connectivity index (χ4v) is 3.97. The molecule has 0 bridgehead atoms. The second-order valence-electron chi connectivity index (χ2n) is 6.85. The van der Waals surface area contributed by atoms with Crippen molar-refractivity contribution in [2.45, 2.75) is 75.5 Å². The van der Waals surface area contributed by atoms with Crippen LogP contribution in [0.2, 0.25) is 0 Å². The minimum Gasteiger partial charge on any atom is -0.372 e. The largest absolute Gasteiger partial charge is 0.372 e. The van der Waals surface area contributed by atoms with Gasteiger partial charge in [0.05, 0.1) is 11.7 Å². The zero-order valence-corrected chi connectivity index (χ0v) is 12.7. The number of nitrogens with two attached hydrogens (primary N) is 1. The standard InChI is InChI=1S/C18H26FNO/c19-15-6-4-14(5-7-15)12-16(20)13-17-8-11-18(21-17)9-2-1-3-10-18/h4-7,16-17H,1-3,8-13,20H2. The number of rotatable bonds is 4. The van der Waals surface area contributed by atoms with E-state index in [1.54, 1.807) is 0 Å². The zero-order valence-electron chi connectivity index (χ0n) is 12.7. The van der Waals surface area contributed by atoms with Crippen LogP contribution in [0.1, 0.15) is 56.9 Å². The van der Waals surface area contributed by atoms with Gasteiger partial charge in [-0.1, -0.05) is 31.4 Å². The lowest BCUT2D eigenvalue weighted by molar-refractivity contribution is -0.0670. The van der Waals surface area contributed by atoms with Gasteiger partial charge < -0.3 is 10.5 Å². The van der Waals surface area contributed by atoms with Gasteiger partial charge in [-0.25, -0.2) is 4.39 Å². The number of halogens is 1. The zero-order chi connectivity index (χ0) is 14.7. The summed E-state index contributed by atoms with van der Waals surface area (Å²) in [6.45, 7) is 0. The predicted octanol–water partition coefficient (Wildman–Crippen LogP) is 3.97. The van der Waals surface area contributed by atoms with Crippen molar-refractivity contribution in [2.75, 3.05) is 0 Å². The molecule has 0 aromatic heterocycles. The summed E-state index contributed by atoms with van der Waals surface area (Å²) in [4.78, 5) is 0. The van der Waals surface area contributed by atoms with E-state index in [1.807, 2.05) is 12.1 Å². The van der Waals surface area contributed by atoms with E-state index in [4.69, 9.17) is 10.5 Å². The molecule has 1 spiro atoms. The van der Waals surface area contributed by atoms with Crippen LogP contribution in [0.15, 0.2) is 24.3 Å². The highest BCUT2D eigenvalue weighted by Gasteiger charge is 2.40. The fraction of sp³-hybridized carbons (Fsp3) is 0.667. The molecule has 1 aromatic rings. The highest BCUT2D eigenvalue weighted by molar-refractivity contribution is 5.17. The molecule has 21 heavy (non-hydrogen) atoms. The average molecular weight is 291 g/mol. The van der Waals surface area contributed by atoms with Crippen molar-refractivity contribution < 1.29 is 9.13 Å². The van der Waals surface area contributed by atoms with Crippen LogP contribution in [-0.2, 0) is 11.2 Å². The Balaban J connectivity index is 1.49. The van der Waals surface area contributed by atoms with Crippen LogP contribution in [0.3, 0.4) is 0 Å². The minimum atomic E-state index is -0.189. The van der Waals surface area contributed by atoms with Gasteiger partial charge >= 0.3 is 0 Å². The molecule has 1 heterocycles. The average Bonchev–Trinajstić information content (AvgIpc) is 2.84. The first-order valence-corrected chi connectivity index (χ1v) is 8.33. The van der Waals surface area contributed by atoms with E-state index in [0.717, 1.165) is 24.8 Å². The quantitative estimate of drug-likeness (QED) is 0.911. The summed E-state index contributed by atoms with van der Waals surface area (Å²) < 4.78 is 19.3. The van der Waals surface area contributed by atoms with Crippen molar-refractivity contribution >= 4 is 0 Å². The van der Waals surface area contributed by atoms with Crippen LogP contribution < -0.4 is 5.73 Å². The van der Waals surface area contributed by atoms with Crippen molar-refractivity contribution in [2.24, 2.45) is 5.73 Å². The van der Waals surface area contributed by atoms with Crippen LogP contribution in [0.5, 0.6) is 0 Å². The van der Waals surface area contributed by atoms with Crippen LogP contribution in [0.4, 0.5) is 4.39 Å². The summed E-state index contributed by atoms with van der Waals surface area (Å²) in [6.07, 6.45) is 10.8. The van der Waals surface area contributed by atoms with Crippen molar-refractivity contribution in [1.82, 2.24) is 0 Å². The topological polar surface area (TPSA) is 35.2 Å². The Morgan fingerprint density at radius 1 is 1.14 bits per heavy atom. The van der Waals surface area contributed by atoms with E-state index >= 15 is 0 Å². The minimum absolute atomic E-state index is 0.0965. The Hall–Kier alpha value is -0.930. The van der Waals surface area contributed by atoms with Crippen LogP contribution in [-0.4, -0.2) is 17.7 Å². The van der Waals surface area contributed by atoms with E-state index in [1.165, 1.54) is 50.7 Å². The van der Waals surface area contributed by atoms with E-state index < -0.39 is 0 Å². The van der Waals surface area contributed by atoms with E-state index in [0.29, 0.717) is 6.10 Å². The molecule has 2 N–H and O–H groups in total. The third-order valence-electron chi connectivity index (χ3n) is 5.08. The molecule has 2 aliphatic rings. The third kappa shape index (κ3) is 3.83. The number of ether oxygens (including phenoxy) is 1. The van der Waals surface area contributed by atoms with E-state index in [9.17, 15) is 4.39 Å². The van der Waals surface area contributed by atoms with Gasteiger partial charge in [-0.15, -0.1) is 0 Å². The Bertz CT molecular complexity index is 453. The highest BCUT2D eigenvalue weighted by Crippen LogP contribution is 2.42. The smallest absolute Gasteiger partial charge is 0.123 e. The maximum Gasteiger partial charge on any atom is 0.123 e. The maximum absolute atomic E-state index is 12.9. The number of hydrogen-bond acceptors (Lipinski definition) is 2. The highest BCUT2D eigenvalue weighted by atomic mass is 19.1. The first-order valence-electron chi connectivity index (χ1n) is 8.33. The van der Waals surface area contributed by atoms with Gasteiger partial charge in [0.15, 0.2) is 0 Å². The summed E-state index contributed by atoms with van der Waals surface area (Å²) >= 11 is 0. The van der Waals surface area contributed by atoms with Gasteiger partial charge in [0.2, 0.25) is 0 Å². The monoisotopic (exact) mass is 291 g/mol. The molecule has 0 amide bonds. The van der Waals surface area contributed by atoms with Gasteiger partial charge in [-0.2, -0.15) is 0 Å². The van der Waals surface area contributed by atoms with Crippen molar-refractivity contribution in [3.63, 3.8) is 0 Å². The molecule has 0 radical (unpaired) electrons. The second kappa shape index (κ2) is 6.45. The molecule has 1 aliphatic heterocycles. The molecule has 1 saturated carbocycles. The van der Waals surface area contributed by atoms with E-state index in [-0.39, 0.29) is 17.5 Å². The molecule has 2 unspecified atom stereocenters. The van der Waals surface area contributed by atoms with E-state index in [2.05, 4.69) is 0 Å². The van der Waals surface area contributed by atoms with Gasteiger partial charge in [0.25, 0.3) is 0 Å². The van der Waals surface area contributed by atoms with Crippen molar-refractivity contribution in [3.8, 4) is 0 Å². The SMILES string of the molecule is NC(Cc1ccc(F)cc1)CC1CCC2(CCCCC2)O1. The van der Waals surface area contributed by atoms with Crippen LogP contribution >= 0.6 is 0 Å². The molecule has 1 aliphatic carbocycles. The third-order valence-corrected chi connectivity index (χ3v) is 5.08. The molecular weight excluding hydrogens is 265 g/mol. The molecule has 2 fully saturated rings. The molecule has 116 valence electrons. The molecule has 3 rings (SSSR count). The first kappa shape index (κ1) is 15.0. The lowest BCUT2D eigenvalue weighted by atomic mass is 9.83. The first-order chi connectivity index (χ1) is 10.2. The van der Waals surface area contributed by atoms with Crippen LogP contribution in [0, 0.1) is 5.82 Å². The molecule has 1 saturated heterocycles. The van der Waals surface area contributed by atoms with Crippen molar-refractivity contribution in [1.29, 1.82) is 0 Å². The summed E-state index contributed by atoms with van der Waals surface area (Å²) in [5, 5.41) is 0. The number of benzene rings is 1.